The summed E-state index contributed by atoms with van der Waals surface area (Å²) in [5, 5.41) is 2.89. The molecular weight excluding hydrogens is 390 g/mol. The quantitative estimate of drug-likeness (QED) is 0.599. The molecule has 0 heterocycles. The molecule has 0 aliphatic heterocycles. The predicted octanol–water partition coefficient (Wildman–Crippen LogP) is 2.64. The number of hydrogen-bond donors (Lipinski definition) is 1. The van der Waals surface area contributed by atoms with E-state index < -0.39 is 10.0 Å². The van der Waals surface area contributed by atoms with Crippen molar-refractivity contribution in [2.45, 2.75) is 31.8 Å². The number of amides is 1. The van der Waals surface area contributed by atoms with Crippen LogP contribution >= 0.6 is 0 Å². The third-order valence-electron chi connectivity index (χ3n) is 4.84. The van der Waals surface area contributed by atoms with Crippen molar-refractivity contribution < 1.29 is 18.0 Å². The number of hydroxylamine groups is 1. The topological polar surface area (TPSA) is 79.0 Å². The van der Waals surface area contributed by atoms with Crippen LogP contribution in [0.2, 0.25) is 0 Å². The molecule has 0 radical (unpaired) electrons. The minimum absolute atomic E-state index is 0.00330. The highest BCUT2D eigenvalue weighted by molar-refractivity contribution is 7.89. The van der Waals surface area contributed by atoms with Crippen molar-refractivity contribution in [2.75, 3.05) is 27.2 Å². The molecule has 0 aromatic heterocycles. The molecule has 29 heavy (non-hydrogen) atoms. The number of nitrogens with zero attached hydrogens (tertiary/aromatic N) is 2. The van der Waals surface area contributed by atoms with Crippen molar-refractivity contribution in [3.8, 4) is 0 Å². The summed E-state index contributed by atoms with van der Waals surface area (Å²) in [4.78, 5) is 19.7. The van der Waals surface area contributed by atoms with E-state index in [1.165, 1.54) is 26.3 Å². The minimum Gasteiger partial charge on any atom is -0.348 e. The Labute approximate surface area is 173 Å². The van der Waals surface area contributed by atoms with Gasteiger partial charge in [-0.25, -0.2) is 8.42 Å². The SMILES string of the molecule is CCN(CC)Cc1ccccc1CNC(=O)c1cccc(S(=O)(=O)N(C)OC)c1. The van der Waals surface area contributed by atoms with Crippen LogP contribution in [-0.2, 0) is 28.0 Å². The summed E-state index contributed by atoms with van der Waals surface area (Å²) >= 11 is 0. The molecule has 0 saturated heterocycles. The maximum atomic E-state index is 12.6. The van der Waals surface area contributed by atoms with E-state index in [2.05, 4.69) is 30.1 Å². The smallest absolute Gasteiger partial charge is 0.264 e. The number of hydrogen-bond acceptors (Lipinski definition) is 5. The van der Waals surface area contributed by atoms with Crippen LogP contribution in [0.15, 0.2) is 53.4 Å². The highest BCUT2D eigenvalue weighted by atomic mass is 32.2. The van der Waals surface area contributed by atoms with Crippen LogP contribution < -0.4 is 5.32 Å². The first-order chi connectivity index (χ1) is 13.8. The highest BCUT2D eigenvalue weighted by Crippen LogP contribution is 2.17. The highest BCUT2D eigenvalue weighted by Gasteiger charge is 2.22. The second kappa shape index (κ2) is 10.5. The van der Waals surface area contributed by atoms with E-state index in [0.717, 1.165) is 35.2 Å². The third kappa shape index (κ3) is 5.86. The fourth-order valence-corrected chi connectivity index (χ4v) is 3.91. The number of carbonyl (C=O) groups is 1. The number of carbonyl (C=O) groups excluding carboxylic acids is 1. The van der Waals surface area contributed by atoms with Gasteiger partial charge in [0, 0.05) is 25.7 Å². The van der Waals surface area contributed by atoms with Gasteiger partial charge in [-0.05, 0) is 42.4 Å². The summed E-state index contributed by atoms with van der Waals surface area (Å²) < 4.78 is 25.5. The van der Waals surface area contributed by atoms with Crippen LogP contribution in [0.4, 0.5) is 0 Å². The monoisotopic (exact) mass is 419 g/mol. The van der Waals surface area contributed by atoms with Gasteiger partial charge in [0.25, 0.3) is 15.9 Å². The fraction of sp³-hybridized carbons (Fsp3) is 0.381. The van der Waals surface area contributed by atoms with Gasteiger partial charge in [0.1, 0.15) is 0 Å². The van der Waals surface area contributed by atoms with E-state index in [9.17, 15) is 13.2 Å². The van der Waals surface area contributed by atoms with E-state index >= 15 is 0 Å². The number of nitrogens with one attached hydrogen (secondary N) is 1. The molecule has 8 heteroatoms. The second-order valence-corrected chi connectivity index (χ2v) is 8.47. The predicted molar refractivity (Wildman–Crippen MR) is 113 cm³/mol. The molecule has 158 valence electrons. The molecule has 0 aliphatic carbocycles. The van der Waals surface area contributed by atoms with Crippen LogP contribution in [0.5, 0.6) is 0 Å². The summed E-state index contributed by atoms with van der Waals surface area (Å²) in [5.74, 6) is -0.334. The average Bonchev–Trinajstić information content (AvgIpc) is 2.75. The van der Waals surface area contributed by atoms with Crippen LogP contribution in [0.3, 0.4) is 0 Å². The Morgan fingerprint density at radius 3 is 2.31 bits per heavy atom. The largest absolute Gasteiger partial charge is 0.348 e. The summed E-state index contributed by atoms with van der Waals surface area (Å²) in [5.41, 5.74) is 2.47. The zero-order valence-corrected chi connectivity index (χ0v) is 18.2. The van der Waals surface area contributed by atoms with Crippen molar-refractivity contribution in [1.29, 1.82) is 0 Å². The Bertz CT molecular complexity index is 927. The van der Waals surface area contributed by atoms with Crippen LogP contribution in [0.1, 0.15) is 35.3 Å². The van der Waals surface area contributed by atoms with Crippen LogP contribution in [0.25, 0.3) is 0 Å². The van der Waals surface area contributed by atoms with Crippen molar-refractivity contribution >= 4 is 15.9 Å². The number of benzene rings is 2. The molecule has 2 rings (SSSR count). The summed E-state index contributed by atoms with van der Waals surface area (Å²) in [6.45, 7) is 7.33. The fourth-order valence-electron chi connectivity index (χ4n) is 2.89. The van der Waals surface area contributed by atoms with Crippen molar-refractivity contribution in [3.05, 3.63) is 65.2 Å². The van der Waals surface area contributed by atoms with Crippen molar-refractivity contribution in [3.63, 3.8) is 0 Å². The molecule has 0 unspecified atom stereocenters. The Morgan fingerprint density at radius 1 is 1.03 bits per heavy atom. The zero-order valence-electron chi connectivity index (χ0n) is 17.4. The van der Waals surface area contributed by atoms with E-state index in [1.54, 1.807) is 12.1 Å². The lowest BCUT2D eigenvalue weighted by atomic mass is 10.1. The third-order valence-corrected chi connectivity index (χ3v) is 6.51. The first-order valence-corrected chi connectivity index (χ1v) is 11.0. The van der Waals surface area contributed by atoms with E-state index in [1.807, 2.05) is 18.2 Å². The van der Waals surface area contributed by atoms with Gasteiger partial charge in [-0.2, -0.15) is 0 Å². The second-order valence-electron chi connectivity index (χ2n) is 6.54. The first-order valence-electron chi connectivity index (χ1n) is 9.53. The molecule has 2 aromatic carbocycles. The van der Waals surface area contributed by atoms with Gasteiger partial charge in [-0.15, -0.1) is 0 Å². The summed E-state index contributed by atoms with van der Waals surface area (Å²) in [7, 11) is -1.24. The number of sulfonamides is 1. The van der Waals surface area contributed by atoms with Gasteiger partial charge in [-0.3, -0.25) is 14.5 Å². The Kier molecular flexibility index (Phi) is 8.33. The lowest BCUT2D eigenvalue weighted by Crippen LogP contribution is -2.27. The molecular formula is C21H29N3O4S. The first kappa shape index (κ1) is 23.0. The molecule has 0 saturated carbocycles. The Morgan fingerprint density at radius 2 is 1.69 bits per heavy atom. The maximum Gasteiger partial charge on any atom is 0.264 e. The summed E-state index contributed by atoms with van der Waals surface area (Å²) in [6.07, 6.45) is 0. The van der Waals surface area contributed by atoms with E-state index in [0.29, 0.717) is 6.54 Å². The number of rotatable bonds is 10. The van der Waals surface area contributed by atoms with Gasteiger partial charge in [0.2, 0.25) is 0 Å². The molecule has 7 nitrogen and oxygen atoms in total. The van der Waals surface area contributed by atoms with Gasteiger partial charge in [0.05, 0.1) is 12.0 Å². The lowest BCUT2D eigenvalue weighted by molar-refractivity contribution is -0.0258. The molecule has 2 aromatic rings. The van der Waals surface area contributed by atoms with Gasteiger partial charge in [0.15, 0.2) is 0 Å². The maximum absolute atomic E-state index is 12.6. The van der Waals surface area contributed by atoms with Crippen LogP contribution in [0, 0.1) is 0 Å². The van der Waals surface area contributed by atoms with Crippen molar-refractivity contribution in [1.82, 2.24) is 14.7 Å². The van der Waals surface area contributed by atoms with E-state index in [4.69, 9.17) is 4.84 Å². The van der Waals surface area contributed by atoms with Crippen LogP contribution in [-0.4, -0.2) is 50.9 Å². The molecule has 0 bridgehead atoms. The van der Waals surface area contributed by atoms with E-state index in [-0.39, 0.29) is 16.4 Å². The Balaban J connectivity index is 2.14. The molecule has 0 atom stereocenters. The zero-order chi connectivity index (χ0) is 21.4. The Hall–Kier alpha value is -2.26. The average molecular weight is 420 g/mol. The van der Waals surface area contributed by atoms with Gasteiger partial charge in [-0.1, -0.05) is 48.6 Å². The molecule has 0 aliphatic rings. The molecule has 0 spiro atoms. The van der Waals surface area contributed by atoms with Gasteiger partial charge >= 0.3 is 0 Å². The standard InChI is InChI=1S/C21H29N3O4S/c1-5-24(6-2)16-19-11-8-7-10-18(19)15-22-21(25)17-12-9-13-20(14-17)29(26,27)23(3)28-4/h7-14H,5-6,15-16H2,1-4H3,(H,22,25). The molecule has 0 fully saturated rings. The summed E-state index contributed by atoms with van der Waals surface area (Å²) in [6, 6.07) is 13.9. The molecule has 1 N–H and O–H groups in total. The van der Waals surface area contributed by atoms with Crippen molar-refractivity contribution in [2.24, 2.45) is 0 Å². The normalized spacial score (nSPS) is 11.8. The molecule has 1 amide bonds. The van der Waals surface area contributed by atoms with Gasteiger partial charge < -0.3 is 5.32 Å². The minimum atomic E-state index is -3.81. The lowest BCUT2D eigenvalue weighted by Gasteiger charge is -2.20.